The van der Waals surface area contributed by atoms with Crippen molar-refractivity contribution >= 4 is 0 Å². The minimum atomic E-state index is -0.0294. The average molecular weight is 403 g/mol. The normalized spacial score (nSPS) is 50.7. The Kier molecular flexibility index (Phi) is 6.22. The molecule has 29 heavy (non-hydrogen) atoms. The highest BCUT2D eigenvalue weighted by atomic mass is 16.3. The van der Waals surface area contributed by atoms with Gasteiger partial charge in [-0.25, -0.2) is 0 Å². The van der Waals surface area contributed by atoms with E-state index in [4.69, 9.17) is 0 Å². The van der Waals surface area contributed by atoms with Gasteiger partial charge >= 0.3 is 0 Å². The minimum Gasteiger partial charge on any atom is -0.393 e. The number of rotatable bonds is 5. The van der Waals surface area contributed by atoms with Crippen LogP contribution in [0.5, 0.6) is 0 Å². The Morgan fingerprint density at radius 3 is 2.31 bits per heavy atom. The van der Waals surface area contributed by atoms with Crippen molar-refractivity contribution in [1.82, 2.24) is 0 Å². The predicted octanol–water partition coefficient (Wildman–Crippen LogP) is 7.71. The Morgan fingerprint density at radius 2 is 1.59 bits per heavy atom. The summed E-state index contributed by atoms with van der Waals surface area (Å²) in [7, 11) is 0. The van der Waals surface area contributed by atoms with E-state index in [1.54, 1.807) is 0 Å². The first-order valence-electron chi connectivity index (χ1n) is 13.4. The van der Waals surface area contributed by atoms with Crippen LogP contribution in [0.15, 0.2) is 0 Å². The van der Waals surface area contributed by atoms with Gasteiger partial charge in [0, 0.05) is 0 Å². The fourth-order valence-electron chi connectivity index (χ4n) is 9.75. The first kappa shape index (κ1) is 22.2. The molecule has 1 nitrogen and oxygen atoms in total. The van der Waals surface area contributed by atoms with Gasteiger partial charge in [-0.3, -0.25) is 0 Å². The van der Waals surface area contributed by atoms with Gasteiger partial charge in [0.2, 0.25) is 0 Å². The molecule has 4 fully saturated rings. The van der Waals surface area contributed by atoms with Crippen LogP contribution in [0.3, 0.4) is 0 Å². The molecule has 0 aromatic heterocycles. The van der Waals surface area contributed by atoms with Gasteiger partial charge in [-0.1, -0.05) is 73.6 Å². The summed E-state index contributed by atoms with van der Waals surface area (Å²) in [6, 6.07) is 0. The molecule has 0 aromatic carbocycles. The monoisotopic (exact) mass is 402 g/mol. The summed E-state index contributed by atoms with van der Waals surface area (Å²) >= 11 is 0. The average Bonchev–Trinajstić information content (AvgIpc) is 3.00. The van der Waals surface area contributed by atoms with E-state index in [1.807, 2.05) is 0 Å². The van der Waals surface area contributed by atoms with Crippen LogP contribution in [-0.2, 0) is 0 Å². The Morgan fingerprint density at radius 1 is 0.862 bits per heavy atom. The molecule has 0 amide bonds. The largest absolute Gasteiger partial charge is 0.393 e. The molecule has 4 saturated carbocycles. The zero-order valence-corrected chi connectivity index (χ0v) is 20.4. The fourth-order valence-corrected chi connectivity index (χ4v) is 9.75. The van der Waals surface area contributed by atoms with E-state index < -0.39 is 0 Å². The summed E-state index contributed by atoms with van der Waals surface area (Å²) in [4.78, 5) is 0. The summed E-state index contributed by atoms with van der Waals surface area (Å²) in [6.45, 7) is 15.1. The van der Waals surface area contributed by atoms with E-state index >= 15 is 0 Å². The number of hydrogen-bond donors (Lipinski definition) is 1. The van der Waals surface area contributed by atoms with Crippen molar-refractivity contribution in [2.75, 3.05) is 0 Å². The second-order valence-electron chi connectivity index (χ2n) is 13.1. The van der Waals surface area contributed by atoms with Gasteiger partial charge in [-0.15, -0.1) is 0 Å². The third-order valence-corrected chi connectivity index (χ3v) is 11.2. The second kappa shape index (κ2) is 8.14. The van der Waals surface area contributed by atoms with E-state index in [1.165, 1.54) is 64.2 Å². The molecule has 0 radical (unpaired) electrons. The molecule has 4 aliphatic rings. The van der Waals surface area contributed by atoms with Crippen LogP contribution in [0.1, 0.15) is 112 Å². The molecular weight excluding hydrogens is 352 g/mol. The Balaban J connectivity index is 1.52. The standard InChI is InChI=1S/C28H50O/c1-18(2)9-7-10-19(3)21-12-13-22-26-23(14-16-28(21,22)6)27(5)15-8-11-20(4)24(27)17-25(26)29/h18-26,29H,7-17H2,1-6H3/t19-,20?,21-,22+,23+,24?,25?,26+,27-,28-/m1/s1. The third kappa shape index (κ3) is 3.64. The maximum Gasteiger partial charge on any atom is 0.0577 e. The lowest BCUT2D eigenvalue weighted by molar-refractivity contribution is -0.174. The number of aliphatic hydroxyl groups excluding tert-OH is 1. The molecule has 0 aliphatic heterocycles. The smallest absolute Gasteiger partial charge is 0.0577 e. The van der Waals surface area contributed by atoms with Gasteiger partial charge < -0.3 is 5.11 Å². The van der Waals surface area contributed by atoms with Crippen molar-refractivity contribution in [1.29, 1.82) is 0 Å². The maximum atomic E-state index is 11.5. The van der Waals surface area contributed by atoms with Crippen LogP contribution >= 0.6 is 0 Å². The van der Waals surface area contributed by atoms with Gasteiger partial charge in [0.15, 0.2) is 0 Å². The van der Waals surface area contributed by atoms with Crippen LogP contribution in [-0.4, -0.2) is 11.2 Å². The molecule has 1 heteroatoms. The summed E-state index contributed by atoms with van der Waals surface area (Å²) in [5, 5.41) is 11.5. The Labute approximate surface area is 181 Å². The highest BCUT2D eigenvalue weighted by Gasteiger charge is 2.63. The zero-order chi connectivity index (χ0) is 21.0. The summed E-state index contributed by atoms with van der Waals surface area (Å²) < 4.78 is 0. The van der Waals surface area contributed by atoms with Crippen molar-refractivity contribution in [3.8, 4) is 0 Å². The molecule has 1 N–H and O–H groups in total. The molecule has 0 heterocycles. The van der Waals surface area contributed by atoms with Crippen molar-refractivity contribution in [3.05, 3.63) is 0 Å². The Hall–Kier alpha value is -0.0400. The van der Waals surface area contributed by atoms with Crippen LogP contribution < -0.4 is 0 Å². The highest BCUT2D eigenvalue weighted by molar-refractivity contribution is 5.11. The summed E-state index contributed by atoms with van der Waals surface area (Å²) in [6.07, 6.45) is 15.2. The maximum absolute atomic E-state index is 11.5. The summed E-state index contributed by atoms with van der Waals surface area (Å²) in [5.74, 6) is 6.33. The van der Waals surface area contributed by atoms with E-state index in [-0.39, 0.29) is 6.10 Å². The number of hydrogen-bond acceptors (Lipinski definition) is 1. The quantitative estimate of drug-likeness (QED) is 0.499. The molecule has 0 spiro atoms. The van der Waals surface area contributed by atoms with Crippen molar-refractivity contribution in [3.63, 3.8) is 0 Å². The van der Waals surface area contributed by atoms with Gasteiger partial charge in [0.25, 0.3) is 0 Å². The van der Waals surface area contributed by atoms with E-state index in [0.717, 1.165) is 47.8 Å². The first-order chi connectivity index (χ1) is 13.7. The molecule has 0 saturated heterocycles. The lowest BCUT2D eigenvalue weighted by Crippen LogP contribution is -2.59. The molecule has 168 valence electrons. The molecular formula is C28H50O. The van der Waals surface area contributed by atoms with Gasteiger partial charge in [-0.2, -0.15) is 0 Å². The van der Waals surface area contributed by atoms with Gasteiger partial charge in [0.05, 0.1) is 6.10 Å². The van der Waals surface area contributed by atoms with Crippen LogP contribution in [0.2, 0.25) is 0 Å². The topological polar surface area (TPSA) is 20.2 Å². The predicted molar refractivity (Wildman–Crippen MR) is 124 cm³/mol. The molecule has 10 atom stereocenters. The zero-order valence-electron chi connectivity index (χ0n) is 20.4. The summed E-state index contributed by atoms with van der Waals surface area (Å²) in [5.41, 5.74) is 0.993. The molecule has 4 rings (SSSR count). The second-order valence-corrected chi connectivity index (χ2v) is 13.1. The fraction of sp³-hybridized carbons (Fsp3) is 1.00. The van der Waals surface area contributed by atoms with Gasteiger partial charge in [-0.05, 0) is 96.7 Å². The molecule has 0 aromatic rings. The highest BCUT2D eigenvalue weighted by Crippen LogP contribution is 2.68. The van der Waals surface area contributed by atoms with Crippen molar-refractivity contribution in [2.45, 2.75) is 118 Å². The number of aliphatic hydroxyl groups is 1. The molecule has 4 aliphatic carbocycles. The SMILES string of the molecule is CC(C)CCC[C@@H](C)[C@H]1CC[C@H]2[C@@H]3C(O)CC4C(C)CCC[C@]4(C)[C@H]3CC[C@]12C. The van der Waals surface area contributed by atoms with Crippen LogP contribution in [0, 0.1) is 58.2 Å². The molecule has 0 bridgehead atoms. The van der Waals surface area contributed by atoms with Crippen molar-refractivity contribution < 1.29 is 5.11 Å². The first-order valence-corrected chi connectivity index (χ1v) is 13.4. The van der Waals surface area contributed by atoms with E-state index in [9.17, 15) is 5.11 Å². The third-order valence-electron chi connectivity index (χ3n) is 11.2. The van der Waals surface area contributed by atoms with Crippen LogP contribution in [0.4, 0.5) is 0 Å². The lowest BCUT2D eigenvalue weighted by Gasteiger charge is -2.63. The number of fused-ring (bicyclic) bond motifs is 5. The van der Waals surface area contributed by atoms with E-state index in [2.05, 4.69) is 41.5 Å². The minimum absolute atomic E-state index is 0.0294. The molecule has 3 unspecified atom stereocenters. The van der Waals surface area contributed by atoms with Gasteiger partial charge in [0.1, 0.15) is 0 Å². The van der Waals surface area contributed by atoms with Crippen molar-refractivity contribution in [2.24, 2.45) is 58.2 Å². The Bertz CT molecular complexity index is 569. The van der Waals surface area contributed by atoms with E-state index in [0.29, 0.717) is 16.7 Å². The van der Waals surface area contributed by atoms with Crippen LogP contribution in [0.25, 0.3) is 0 Å². The lowest BCUT2D eigenvalue weighted by atomic mass is 9.42.